The second-order valence-electron chi connectivity index (χ2n) is 7.88. The molecule has 0 saturated carbocycles. The Morgan fingerprint density at radius 1 is 1.23 bits per heavy atom. The molecule has 2 aromatic carbocycles. The van der Waals surface area contributed by atoms with E-state index in [1.165, 1.54) is 0 Å². The Hall–Kier alpha value is -3.65. The lowest BCUT2D eigenvalue weighted by Gasteiger charge is -2.24. The maximum Gasteiger partial charge on any atom is 0.414 e. The van der Waals surface area contributed by atoms with Crippen LogP contribution in [0.4, 0.5) is 16.2 Å². The molecule has 4 rings (SSSR count). The van der Waals surface area contributed by atoms with Gasteiger partial charge in [0.05, 0.1) is 12.2 Å². The Labute approximate surface area is 180 Å². The lowest BCUT2D eigenvalue weighted by molar-refractivity contribution is -0.117. The summed E-state index contributed by atoms with van der Waals surface area (Å²) < 4.78 is 5.22. The molecule has 3 aromatic rings. The minimum Gasteiger partial charge on any atom is -0.447 e. The highest BCUT2D eigenvalue weighted by atomic mass is 16.6. The van der Waals surface area contributed by atoms with Gasteiger partial charge in [-0.25, -0.2) is 4.79 Å². The van der Waals surface area contributed by atoms with Crippen molar-refractivity contribution >= 4 is 23.4 Å². The topological polar surface area (TPSA) is 113 Å². The van der Waals surface area contributed by atoms with Crippen LogP contribution in [0.25, 0.3) is 11.1 Å². The molecule has 1 fully saturated rings. The molecule has 2 atom stereocenters. The monoisotopic (exact) mass is 419 g/mol. The fraction of sp³-hybridized carbons (Fsp3) is 0.261. The zero-order valence-corrected chi connectivity index (χ0v) is 17.4. The third-order valence-corrected chi connectivity index (χ3v) is 5.45. The molecule has 0 aliphatic carbocycles. The van der Waals surface area contributed by atoms with E-state index in [0.29, 0.717) is 23.5 Å². The molecule has 0 spiro atoms. The number of anilines is 2. The van der Waals surface area contributed by atoms with Crippen LogP contribution in [0.15, 0.2) is 60.9 Å². The van der Waals surface area contributed by atoms with Gasteiger partial charge in [-0.2, -0.15) is 5.10 Å². The maximum atomic E-state index is 12.7. The summed E-state index contributed by atoms with van der Waals surface area (Å²) in [5.74, 6) is -0.0965. The number of benzene rings is 2. The summed E-state index contributed by atoms with van der Waals surface area (Å²) in [7, 11) is 0. The van der Waals surface area contributed by atoms with Crippen LogP contribution in [0, 0.1) is 5.92 Å². The predicted octanol–water partition coefficient (Wildman–Crippen LogP) is 3.70. The third kappa shape index (κ3) is 4.29. The number of nitrogens with two attached hydrogens (primary N) is 1. The number of rotatable bonds is 6. The number of amides is 2. The van der Waals surface area contributed by atoms with Crippen molar-refractivity contribution in [2.45, 2.75) is 25.9 Å². The average molecular weight is 419 g/mol. The lowest BCUT2D eigenvalue weighted by atomic mass is 10.0. The number of hydrogen-bond acceptors (Lipinski definition) is 5. The largest absolute Gasteiger partial charge is 0.447 e. The molecular weight excluding hydrogens is 394 g/mol. The first-order chi connectivity index (χ1) is 14.9. The Morgan fingerprint density at radius 2 is 2.00 bits per heavy atom. The van der Waals surface area contributed by atoms with Gasteiger partial charge in [0.25, 0.3) is 0 Å². The van der Waals surface area contributed by atoms with Gasteiger partial charge >= 0.3 is 6.09 Å². The van der Waals surface area contributed by atoms with Gasteiger partial charge < -0.3 is 15.8 Å². The molecule has 2 amide bonds. The van der Waals surface area contributed by atoms with Crippen LogP contribution >= 0.6 is 0 Å². The molecule has 8 nitrogen and oxygen atoms in total. The first-order valence-electron chi connectivity index (χ1n) is 10.2. The first-order valence-corrected chi connectivity index (χ1v) is 10.2. The predicted molar refractivity (Wildman–Crippen MR) is 118 cm³/mol. The molecule has 1 saturated heterocycles. The number of cyclic esters (lactones) is 1. The summed E-state index contributed by atoms with van der Waals surface area (Å²) in [6.45, 7) is 4.44. The second-order valence-corrected chi connectivity index (χ2v) is 7.88. The number of aromatic nitrogens is 2. The normalized spacial score (nSPS) is 17.0. The Morgan fingerprint density at radius 3 is 2.68 bits per heavy atom. The van der Waals surface area contributed by atoms with E-state index in [9.17, 15) is 9.59 Å². The van der Waals surface area contributed by atoms with Gasteiger partial charge in [-0.05, 0) is 35.2 Å². The molecule has 1 aliphatic rings. The number of ether oxygens (including phenoxy) is 1. The minimum absolute atomic E-state index is 0.0468. The van der Waals surface area contributed by atoms with Gasteiger partial charge in [0.15, 0.2) is 0 Å². The number of hydrogen-bond donors (Lipinski definition) is 3. The van der Waals surface area contributed by atoms with Gasteiger partial charge in [0.1, 0.15) is 12.6 Å². The van der Waals surface area contributed by atoms with Crippen molar-refractivity contribution in [2.24, 2.45) is 11.7 Å². The average Bonchev–Trinajstić information content (AvgIpc) is 3.43. The number of H-pyrrole nitrogens is 1. The van der Waals surface area contributed by atoms with E-state index < -0.39 is 6.04 Å². The van der Waals surface area contributed by atoms with Gasteiger partial charge in [-0.15, -0.1) is 0 Å². The summed E-state index contributed by atoms with van der Waals surface area (Å²) in [5, 5.41) is 9.56. The van der Waals surface area contributed by atoms with Gasteiger partial charge in [0.2, 0.25) is 5.91 Å². The van der Waals surface area contributed by atoms with E-state index in [4.69, 9.17) is 10.5 Å². The van der Waals surface area contributed by atoms with Crippen molar-refractivity contribution in [1.29, 1.82) is 0 Å². The van der Waals surface area contributed by atoms with E-state index in [-0.39, 0.29) is 24.0 Å². The van der Waals surface area contributed by atoms with Crippen LogP contribution in [0.1, 0.15) is 25.5 Å². The summed E-state index contributed by atoms with van der Waals surface area (Å²) >= 11 is 0. The molecular formula is C23H25N5O3. The summed E-state index contributed by atoms with van der Waals surface area (Å²) in [6, 6.07) is 13.7. The standard InChI is InChI=1S/C23H25N5O3/c1-14(2)20-13-31-23(30)28(20)19-5-3-4-18(10-19)27-22(29)21(24)16-8-6-15(7-9-16)17-11-25-26-12-17/h3-12,14,20-21H,13,24H2,1-2H3,(H,25,26)(H,27,29). The second kappa shape index (κ2) is 8.61. The van der Waals surface area contributed by atoms with Crippen molar-refractivity contribution in [3.63, 3.8) is 0 Å². The van der Waals surface area contributed by atoms with E-state index in [0.717, 1.165) is 11.1 Å². The fourth-order valence-electron chi connectivity index (χ4n) is 3.62. The molecule has 31 heavy (non-hydrogen) atoms. The van der Waals surface area contributed by atoms with Crippen LogP contribution in [-0.4, -0.2) is 34.8 Å². The maximum absolute atomic E-state index is 12.7. The number of nitrogens with zero attached hydrogens (tertiary/aromatic N) is 2. The van der Waals surface area contributed by atoms with E-state index in [2.05, 4.69) is 15.5 Å². The molecule has 0 radical (unpaired) electrons. The molecule has 2 unspecified atom stereocenters. The van der Waals surface area contributed by atoms with Crippen molar-refractivity contribution in [3.05, 3.63) is 66.5 Å². The third-order valence-electron chi connectivity index (χ3n) is 5.45. The van der Waals surface area contributed by atoms with Crippen LogP contribution in [0.3, 0.4) is 0 Å². The quantitative estimate of drug-likeness (QED) is 0.564. The molecule has 4 N–H and O–H groups in total. The highest BCUT2D eigenvalue weighted by Gasteiger charge is 2.36. The van der Waals surface area contributed by atoms with E-state index in [1.807, 2.05) is 44.2 Å². The fourth-order valence-corrected chi connectivity index (χ4v) is 3.62. The SMILES string of the molecule is CC(C)C1COC(=O)N1c1cccc(NC(=O)C(N)c2ccc(-c3cn[nH]c3)cc2)c1. The smallest absolute Gasteiger partial charge is 0.414 e. The zero-order valence-electron chi connectivity index (χ0n) is 17.4. The highest BCUT2D eigenvalue weighted by molar-refractivity contribution is 5.97. The van der Waals surface area contributed by atoms with Crippen LogP contribution in [0.2, 0.25) is 0 Å². The van der Waals surface area contributed by atoms with Crippen LogP contribution < -0.4 is 16.0 Å². The highest BCUT2D eigenvalue weighted by Crippen LogP contribution is 2.29. The minimum atomic E-state index is -0.831. The van der Waals surface area contributed by atoms with Crippen LogP contribution in [-0.2, 0) is 9.53 Å². The molecule has 0 bridgehead atoms. The molecule has 160 valence electrons. The van der Waals surface area contributed by atoms with Crippen LogP contribution in [0.5, 0.6) is 0 Å². The van der Waals surface area contributed by atoms with E-state index in [1.54, 1.807) is 35.5 Å². The van der Waals surface area contributed by atoms with Crippen molar-refractivity contribution < 1.29 is 14.3 Å². The number of aromatic amines is 1. The molecule has 8 heteroatoms. The van der Waals surface area contributed by atoms with Crippen molar-refractivity contribution in [2.75, 3.05) is 16.8 Å². The molecule has 1 aromatic heterocycles. The summed E-state index contributed by atoms with van der Waals surface area (Å²) in [4.78, 5) is 26.6. The molecule has 2 heterocycles. The Bertz CT molecular complexity index is 1060. The number of nitrogens with one attached hydrogen (secondary N) is 2. The van der Waals surface area contributed by atoms with Gasteiger partial charge in [0, 0.05) is 23.1 Å². The molecule has 1 aliphatic heterocycles. The number of carbonyl (C=O) groups is 2. The number of carbonyl (C=O) groups excluding carboxylic acids is 2. The van der Waals surface area contributed by atoms with E-state index >= 15 is 0 Å². The van der Waals surface area contributed by atoms with Gasteiger partial charge in [-0.3, -0.25) is 14.8 Å². The lowest BCUT2D eigenvalue weighted by Crippen LogP contribution is -2.37. The summed E-state index contributed by atoms with van der Waals surface area (Å²) in [6.07, 6.45) is 3.15. The Kier molecular flexibility index (Phi) is 5.73. The zero-order chi connectivity index (χ0) is 22.0. The Balaban J connectivity index is 1.47. The first kappa shape index (κ1) is 20.6. The van der Waals surface area contributed by atoms with Gasteiger partial charge in [-0.1, -0.05) is 44.2 Å². The van der Waals surface area contributed by atoms with Crippen molar-refractivity contribution in [1.82, 2.24) is 10.2 Å². The van der Waals surface area contributed by atoms with Crippen molar-refractivity contribution in [3.8, 4) is 11.1 Å². The summed E-state index contributed by atoms with van der Waals surface area (Å²) in [5.41, 5.74) is 10.1.